The molecule has 2 heterocycles. The lowest BCUT2D eigenvalue weighted by Gasteiger charge is -2.26. The Balaban J connectivity index is 1.31. The lowest BCUT2D eigenvalue weighted by atomic mass is 9.80. The van der Waals surface area contributed by atoms with Crippen LogP contribution in [0.4, 0.5) is 0 Å². The van der Waals surface area contributed by atoms with Crippen LogP contribution in [0, 0.1) is 17.8 Å². The quantitative estimate of drug-likeness (QED) is 0.121. The first-order valence-electron chi connectivity index (χ1n) is 17.0. The van der Waals surface area contributed by atoms with Crippen LogP contribution in [0.2, 0.25) is 0 Å². The molecule has 2 fully saturated rings. The minimum Gasteiger partial charge on any atom is -0.504 e. The van der Waals surface area contributed by atoms with Gasteiger partial charge in [-0.05, 0) is 90.0 Å². The predicted octanol–water partition coefficient (Wildman–Crippen LogP) is 4.47. The van der Waals surface area contributed by atoms with Gasteiger partial charge in [-0.15, -0.1) is 0 Å². The van der Waals surface area contributed by atoms with E-state index in [0.29, 0.717) is 28.9 Å². The Morgan fingerprint density at radius 3 is 1.70 bits per heavy atom. The van der Waals surface area contributed by atoms with Crippen LogP contribution in [0.25, 0.3) is 11.1 Å². The zero-order chi connectivity index (χ0) is 38.0. The van der Waals surface area contributed by atoms with Crippen LogP contribution < -0.4 is 18.9 Å². The number of carbonyl (C=O) groups excluding carboxylic acids is 2. The number of rotatable bonds is 13. The summed E-state index contributed by atoms with van der Waals surface area (Å²) in [4.78, 5) is 26.0. The molecular formula is C40H42O13. The van der Waals surface area contributed by atoms with Crippen LogP contribution in [-0.4, -0.2) is 84.7 Å². The van der Waals surface area contributed by atoms with Crippen LogP contribution in [-0.2, 0) is 44.7 Å². The number of phenolic OH excluding ortho intramolecular Hbond substituents is 4. The third-order valence-corrected chi connectivity index (χ3v) is 10.2. The van der Waals surface area contributed by atoms with E-state index in [2.05, 4.69) is 0 Å². The maximum Gasteiger partial charge on any atom is 0.338 e. The molecule has 13 heteroatoms. The van der Waals surface area contributed by atoms with Gasteiger partial charge in [0.25, 0.3) is 0 Å². The summed E-state index contributed by atoms with van der Waals surface area (Å²) >= 11 is 0. The van der Waals surface area contributed by atoms with Gasteiger partial charge in [0, 0.05) is 29.4 Å². The molecule has 4 aromatic rings. The fourth-order valence-corrected chi connectivity index (χ4v) is 7.23. The Labute approximate surface area is 305 Å². The maximum atomic E-state index is 13.0. The van der Waals surface area contributed by atoms with E-state index in [1.54, 1.807) is 48.5 Å². The van der Waals surface area contributed by atoms with Gasteiger partial charge in [0.15, 0.2) is 51.6 Å². The fraction of sp³-hybridized carbons (Fsp3) is 0.350. The highest BCUT2D eigenvalue weighted by atomic mass is 16.6. The van der Waals surface area contributed by atoms with E-state index in [0.717, 1.165) is 5.56 Å². The van der Waals surface area contributed by atoms with Crippen LogP contribution >= 0.6 is 0 Å². The van der Waals surface area contributed by atoms with Gasteiger partial charge in [-0.2, -0.15) is 0 Å². The van der Waals surface area contributed by atoms with E-state index in [9.17, 15) is 35.1 Å². The van der Waals surface area contributed by atoms with Gasteiger partial charge in [0.05, 0.1) is 47.6 Å². The number of methoxy groups -OCH3 is 4. The van der Waals surface area contributed by atoms with Gasteiger partial charge in [-0.3, -0.25) is 4.79 Å². The molecule has 53 heavy (non-hydrogen) atoms. The van der Waals surface area contributed by atoms with E-state index < -0.39 is 23.4 Å². The fourth-order valence-electron chi connectivity index (χ4n) is 7.23. The monoisotopic (exact) mass is 730 g/mol. The molecule has 2 saturated heterocycles. The van der Waals surface area contributed by atoms with Crippen molar-refractivity contribution in [3.05, 3.63) is 82.9 Å². The van der Waals surface area contributed by atoms with Crippen molar-refractivity contribution in [3.8, 4) is 57.1 Å². The van der Waals surface area contributed by atoms with Crippen LogP contribution in [0.5, 0.6) is 46.0 Å². The molecule has 2 aliphatic rings. The smallest absolute Gasteiger partial charge is 0.338 e. The van der Waals surface area contributed by atoms with Gasteiger partial charge < -0.3 is 54.0 Å². The average molecular weight is 731 g/mol. The maximum absolute atomic E-state index is 13.0. The summed E-state index contributed by atoms with van der Waals surface area (Å²) < 4.78 is 32.3. The Kier molecular flexibility index (Phi) is 10.5. The minimum atomic E-state index is -1.92. The van der Waals surface area contributed by atoms with Crippen molar-refractivity contribution in [1.29, 1.82) is 0 Å². The summed E-state index contributed by atoms with van der Waals surface area (Å²) in [7, 11) is 5.64. The molecule has 0 aliphatic carbocycles. The highest BCUT2D eigenvalue weighted by molar-refractivity contribution is 5.83. The molecular weight excluding hydrogens is 688 g/mol. The number of hydrogen-bond donors (Lipinski definition) is 5. The van der Waals surface area contributed by atoms with Gasteiger partial charge >= 0.3 is 11.9 Å². The average Bonchev–Trinajstić information content (AvgIpc) is 3.63. The van der Waals surface area contributed by atoms with E-state index in [4.69, 9.17) is 28.4 Å². The normalized spacial score (nSPS) is 20.9. The number of benzene rings is 4. The van der Waals surface area contributed by atoms with E-state index in [1.165, 1.54) is 40.6 Å². The molecule has 0 bridgehead atoms. The number of carbonyl (C=O) groups is 2. The van der Waals surface area contributed by atoms with Crippen molar-refractivity contribution >= 4 is 11.9 Å². The van der Waals surface area contributed by atoms with E-state index in [1.807, 2.05) is 0 Å². The Hall–Kier alpha value is -5.82. The van der Waals surface area contributed by atoms with Gasteiger partial charge in [0.2, 0.25) is 0 Å². The molecule has 4 atom stereocenters. The van der Waals surface area contributed by atoms with Crippen molar-refractivity contribution in [2.24, 2.45) is 17.8 Å². The summed E-state index contributed by atoms with van der Waals surface area (Å²) in [5.41, 5.74) is 1.06. The van der Waals surface area contributed by atoms with Crippen molar-refractivity contribution in [2.45, 2.75) is 31.3 Å². The Morgan fingerprint density at radius 1 is 0.623 bits per heavy atom. The minimum absolute atomic E-state index is 0.00935. The number of ether oxygens (including phenoxy) is 6. The molecule has 280 valence electrons. The molecule has 0 radical (unpaired) electrons. The standard InChI is InChI=1S/C40H42O13/c1-48-32-14-21(5-7-30(32)41)9-25-19-52-38(45)27(25)11-24-13-29(37(44)35(17-24)51-4)28-12-23(16-34(50-3)36(28)43)10-26-20-53-39(46)40(26,47)18-22-6-8-31(42)33(15-22)49-2/h5-8,12-17,25-27,41-44,47H,9-11,18-20H2,1-4H3/t25-,26-,27+,40-/m1/s1. The third kappa shape index (κ3) is 7.29. The lowest BCUT2D eigenvalue weighted by molar-refractivity contribution is -0.154. The van der Waals surface area contributed by atoms with Crippen molar-refractivity contribution in [2.75, 3.05) is 41.7 Å². The number of esters is 2. The molecule has 0 saturated carbocycles. The molecule has 13 nitrogen and oxygen atoms in total. The van der Waals surface area contributed by atoms with E-state index in [-0.39, 0.29) is 95.7 Å². The molecule has 6 rings (SSSR count). The lowest BCUT2D eigenvalue weighted by Crippen LogP contribution is -2.44. The molecule has 2 aliphatic heterocycles. The molecule has 0 amide bonds. The second-order valence-corrected chi connectivity index (χ2v) is 13.4. The van der Waals surface area contributed by atoms with Gasteiger partial charge in [0.1, 0.15) is 0 Å². The first kappa shape index (κ1) is 37.0. The highest BCUT2D eigenvalue weighted by Crippen LogP contribution is 2.47. The van der Waals surface area contributed by atoms with Crippen LogP contribution in [0.3, 0.4) is 0 Å². The molecule has 4 aromatic carbocycles. The SMILES string of the molecule is COc1cc(C[C@@H]2COC(=O)[C@H]2Cc2cc(OC)c(O)c(-c3cc(C[C@@H]4COC(=O)[C@@]4(O)Cc4ccc(O)c(OC)c4)cc(OC)c3O)c2)ccc1O. The number of hydrogen-bond acceptors (Lipinski definition) is 13. The van der Waals surface area contributed by atoms with E-state index >= 15 is 0 Å². The summed E-state index contributed by atoms with van der Waals surface area (Å²) in [6, 6.07) is 16.1. The zero-order valence-corrected chi connectivity index (χ0v) is 29.8. The summed E-state index contributed by atoms with van der Waals surface area (Å²) in [6.45, 7) is 0.127. The summed E-state index contributed by atoms with van der Waals surface area (Å²) in [6.07, 6.45) is 0.724. The number of aromatic hydroxyl groups is 4. The largest absolute Gasteiger partial charge is 0.504 e. The van der Waals surface area contributed by atoms with Gasteiger partial charge in [-0.25, -0.2) is 4.79 Å². The Morgan fingerprint density at radius 2 is 1.13 bits per heavy atom. The molecule has 0 spiro atoms. The van der Waals surface area contributed by atoms with Crippen molar-refractivity contribution < 1.29 is 63.5 Å². The first-order chi connectivity index (χ1) is 25.4. The first-order valence-corrected chi connectivity index (χ1v) is 17.0. The van der Waals surface area contributed by atoms with Crippen molar-refractivity contribution in [1.82, 2.24) is 0 Å². The predicted molar refractivity (Wildman–Crippen MR) is 190 cm³/mol. The number of cyclic esters (lactones) is 2. The van der Waals surface area contributed by atoms with Gasteiger partial charge in [-0.1, -0.05) is 12.1 Å². The highest BCUT2D eigenvalue weighted by Gasteiger charge is 2.51. The van der Waals surface area contributed by atoms with Crippen LogP contribution in [0.1, 0.15) is 22.3 Å². The second-order valence-electron chi connectivity index (χ2n) is 13.4. The zero-order valence-electron chi connectivity index (χ0n) is 29.8. The molecule has 0 unspecified atom stereocenters. The molecule has 5 N–H and O–H groups in total. The molecule has 0 aromatic heterocycles. The van der Waals surface area contributed by atoms with Crippen molar-refractivity contribution in [3.63, 3.8) is 0 Å². The Bertz CT molecular complexity index is 2020. The number of phenols is 4. The summed E-state index contributed by atoms with van der Waals surface area (Å²) in [5, 5.41) is 54.5. The van der Waals surface area contributed by atoms with Crippen LogP contribution in [0.15, 0.2) is 60.7 Å². The summed E-state index contributed by atoms with van der Waals surface area (Å²) in [5.74, 6) is -2.51. The second kappa shape index (κ2) is 15.0. The third-order valence-electron chi connectivity index (χ3n) is 10.2. The topological polar surface area (TPSA) is 191 Å². The number of aliphatic hydroxyl groups is 1.